The molecule has 2 aromatic rings. The summed E-state index contributed by atoms with van der Waals surface area (Å²) < 4.78 is 45.8. The highest BCUT2D eigenvalue weighted by Gasteiger charge is 2.31. The van der Waals surface area contributed by atoms with Gasteiger partial charge in [-0.3, -0.25) is 4.79 Å². The zero-order chi connectivity index (χ0) is 25.1. The largest absolute Gasteiger partial charge is 0.573 e. The molecule has 1 aromatic carbocycles. The first kappa shape index (κ1) is 25.2. The van der Waals surface area contributed by atoms with Gasteiger partial charge in [-0.2, -0.15) is 0 Å². The lowest BCUT2D eigenvalue weighted by Gasteiger charge is -2.23. The number of amides is 2. The number of nitrogens with zero attached hydrogens (tertiary/aromatic N) is 2. The molecule has 180 valence electrons. The van der Waals surface area contributed by atoms with E-state index in [-0.39, 0.29) is 22.8 Å². The standard InChI is InChI=1S/C22H24BF3N4O4/c1-21(2,3)34-20(32)29-15-8-9-30(12-15)18-17(23)10-13(11-27-18)19(31)28-14-4-6-16(7-5-14)33-22(24,25)26/h4-7,10-11,15H,8-9,12H2,1-3H3,(H,28,31)(H,29,32). The van der Waals surface area contributed by atoms with E-state index in [1.54, 1.807) is 20.8 Å². The van der Waals surface area contributed by atoms with E-state index in [0.717, 1.165) is 12.1 Å². The van der Waals surface area contributed by atoms with Gasteiger partial charge in [-0.25, -0.2) is 9.78 Å². The van der Waals surface area contributed by atoms with Gasteiger partial charge in [0.25, 0.3) is 5.91 Å². The highest BCUT2D eigenvalue weighted by atomic mass is 19.4. The molecule has 2 heterocycles. The third kappa shape index (κ3) is 7.29. The van der Waals surface area contributed by atoms with Crippen LogP contribution in [0.4, 0.5) is 29.5 Å². The van der Waals surface area contributed by atoms with Crippen LogP contribution in [0.25, 0.3) is 0 Å². The van der Waals surface area contributed by atoms with Crippen molar-refractivity contribution in [2.75, 3.05) is 23.3 Å². The van der Waals surface area contributed by atoms with E-state index in [2.05, 4.69) is 20.4 Å². The Morgan fingerprint density at radius 2 is 1.85 bits per heavy atom. The second-order valence-electron chi connectivity index (χ2n) is 8.74. The van der Waals surface area contributed by atoms with Gasteiger partial charge in [0, 0.05) is 25.0 Å². The van der Waals surface area contributed by atoms with Crippen molar-refractivity contribution in [2.24, 2.45) is 0 Å². The second-order valence-corrected chi connectivity index (χ2v) is 8.74. The average Bonchev–Trinajstić information content (AvgIpc) is 3.14. The lowest BCUT2D eigenvalue weighted by atomic mass is 9.94. The third-order valence-electron chi connectivity index (χ3n) is 4.71. The van der Waals surface area contributed by atoms with Crippen LogP contribution in [0.2, 0.25) is 0 Å². The molecule has 1 aliphatic heterocycles. The summed E-state index contributed by atoms with van der Waals surface area (Å²) in [5.41, 5.74) is 0.140. The molecule has 1 unspecified atom stereocenters. The van der Waals surface area contributed by atoms with Gasteiger partial charge in [0.05, 0.1) is 11.6 Å². The Kier molecular flexibility index (Phi) is 7.28. The zero-order valence-corrected chi connectivity index (χ0v) is 18.9. The average molecular weight is 476 g/mol. The fraction of sp³-hybridized carbons (Fsp3) is 0.409. The molecule has 0 saturated carbocycles. The maximum absolute atomic E-state index is 12.5. The molecule has 0 bridgehead atoms. The number of halogens is 3. The van der Waals surface area contributed by atoms with E-state index in [1.165, 1.54) is 24.4 Å². The molecule has 1 atom stereocenters. The summed E-state index contributed by atoms with van der Waals surface area (Å²) in [6, 6.07) is 6.08. The Morgan fingerprint density at radius 3 is 2.44 bits per heavy atom. The zero-order valence-electron chi connectivity index (χ0n) is 18.9. The number of anilines is 2. The first-order valence-electron chi connectivity index (χ1n) is 10.5. The van der Waals surface area contributed by atoms with E-state index in [9.17, 15) is 22.8 Å². The van der Waals surface area contributed by atoms with Gasteiger partial charge in [0.2, 0.25) is 0 Å². The highest BCUT2D eigenvalue weighted by molar-refractivity contribution is 6.36. The third-order valence-corrected chi connectivity index (χ3v) is 4.71. The molecule has 1 saturated heterocycles. The first-order valence-corrected chi connectivity index (χ1v) is 10.5. The maximum atomic E-state index is 12.5. The van der Waals surface area contributed by atoms with Crippen LogP contribution in [0, 0.1) is 0 Å². The Labute approximate surface area is 196 Å². The Bertz CT molecular complexity index is 1040. The number of nitrogens with one attached hydrogen (secondary N) is 2. The molecule has 0 aliphatic carbocycles. The molecule has 2 N–H and O–H groups in total. The fourth-order valence-electron chi connectivity index (χ4n) is 3.35. The molecule has 34 heavy (non-hydrogen) atoms. The molecular weight excluding hydrogens is 452 g/mol. The Morgan fingerprint density at radius 1 is 1.18 bits per heavy atom. The summed E-state index contributed by atoms with van der Waals surface area (Å²) in [4.78, 5) is 30.7. The predicted molar refractivity (Wildman–Crippen MR) is 121 cm³/mol. The van der Waals surface area contributed by atoms with Gasteiger partial charge in [-0.1, -0.05) is 11.5 Å². The number of hydrogen-bond donors (Lipinski definition) is 2. The highest BCUT2D eigenvalue weighted by Crippen LogP contribution is 2.24. The monoisotopic (exact) mass is 476 g/mol. The molecular formula is C22H24BF3N4O4. The predicted octanol–water partition coefficient (Wildman–Crippen LogP) is 3.13. The fourth-order valence-corrected chi connectivity index (χ4v) is 3.35. The van der Waals surface area contributed by atoms with Gasteiger partial charge >= 0.3 is 12.5 Å². The molecule has 12 heteroatoms. The Balaban J connectivity index is 1.58. The van der Waals surface area contributed by atoms with E-state index in [1.807, 2.05) is 4.90 Å². The van der Waals surface area contributed by atoms with E-state index < -0.39 is 29.7 Å². The number of alkyl halides is 3. The molecule has 1 fully saturated rings. The normalized spacial score (nSPS) is 16.2. The molecule has 2 radical (unpaired) electrons. The number of alkyl carbamates (subject to hydrolysis) is 1. The minimum absolute atomic E-state index is 0.136. The van der Waals surface area contributed by atoms with Crippen molar-refractivity contribution >= 4 is 36.8 Å². The van der Waals surface area contributed by atoms with Crippen molar-refractivity contribution < 1.29 is 32.2 Å². The van der Waals surface area contributed by atoms with Gasteiger partial charge in [-0.15, -0.1) is 13.2 Å². The topological polar surface area (TPSA) is 92.8 Å². The van der Waals surface area contributed by atoms with Crippen molar-refractivity contribution in [3.8, 4) is 5.75 Å². The van der Waals surface area contributed by atoms with Crippen molar-refractivity contribution in [2.45, 2.75) is 45.2 Å². The van der Waals surface area contributed by atoms with Crippen LogP contribution in [0.3, 0.4) is 0 Å². The van der Waals surface area contributed by atoms with Gasteiger partial charge in [-0.05, 0) is 51.5 Å². The number of ether oxygens (including phenoxy) is 2. The van der Waals surface area contributed by atoms with E-state index in [0.29, 0.717) is 25.3 Å². The van der Waals surface area contributed by atoms with Crippen molar-refractivity contribution in [3.63, 3.8) is 0 Å². The molecule has 3 rings (SSSR count). The molecule has 1 aromatic heterocycles. The SMILES string of the molecule is [B]c1cc(C(=O)Nc2ccc(OC(F)(F)F)cc2)cnc1N1CCC(NC(=O)OC(C)(C)C)C1. The summed E-state index contributed by atoms with van der Waals surface area (Å²) >= 11 is 0. The number of benzene rings is 1. The minimum Gasteiger partial charge on any atom is -0.444 e. The summed E-state index contributed by atoms with van der Waals surface area (Å²) in [5.74, 6) is -0.439. The van der Waals surface area contributed by atoms with Gasteiger partial charge in [0.15, 0.2) is 0 Å². The number of aromatic nitrogens is 1. The van der Waals surface area contributed by atoms with E-state index in [4.69, 9.17) is 12.6 Å². The number of carbonyl (C=O) groups is 2. The van der Waals surface area contributed by atoms with Crippen LogP contribution in [-0.4, -0.2) is 55.9 Å². The molecule has 0 spiro atoms. The van der Waals surface area contributed by atoms with Crippen molar-refractivity contribution in [3.05, 3.63) is 42.1 Å². The van der Waals surface area contributed by atoms with Crippen molar-refractivity contribution in [1.29, 1.82) is 0 Å². The first-order chi connectivity index (χ1) is 15.8. The second kappa shape index (κ2) is 9.82. The number of carbonyl (C=O) groups excluding carboxylic acids is 2. The Hall–Kier alpha value is -3.44. The van der Waals surface area contributed by atoms with Crippen LogP contribution in [-0.2, 0) is 4.74 Å². The summed E-state index contributed by atoms with van der Waals surface area (Å²) in [6.45, 7) is 6.44. The number of pyridine rings is 1. The summed E-state index contributed by atoms with van der Waals surface area (Å²) in [5, 5.41) is 5.39. The van der Waals surface area contributed by atoms with Gasteiger partial charge < -0.3 is 25.0 Å². The van der Waals surface area contributed by atoms with Crippen LogP contribution < -0.4 is 25.7 Å². The minimum atomic E-state index is -4.79. The number of hydrogen-bond acceptors (Lipinski definition) is 6. The van der Waals surface area contributed by atoms with Crippen LogP contribution >= 0.6 is 0 Å². The molecule has 1 aliphatic rings. The lowest BCUT2D eigenvalue weighted by molar-refractivity contribution is -0.274. The quantitative estimate of drug-likeness (QED) is 0.645. The maximum Gasteiger partial charge on any atom is 0.573 e. The molecule has 8 nitrogen and oxygen atoms in total. The van der Waals surface area contributed by atoms with Crippen LogP contribution in [0.15, 0.2) is 36.5 Å². The van der Waals surface area contributed by atoms with Crippen LogP contribution in [0.1, 0.15) is 37.6 Å². The molecule has 2 amide bonds. The van der Waals surface area contributed by atoms with Crippen LogP contribution in [0.5, 0.6) is 5.75 Å². The van der Waals surface area contributed by atoms with Gasteiger partial charge in [0.1, 0.15) is 25.0 Å². The smallest absolute Gasteiger partial charge is 0.444 e. The summed E-state index contributed by atoms with van der Waals surface area (Å²) in [7, 11) is 6.12. The van der Waals surface area contributed by atoms with Crippen molar-refractivity contribution in [1.82, 2.24) is 10.3 Å². The number of rotatable bonds is 5. The summed E-state index contributed by atoms with van der Waals surface area (Å²) in [6.07, 6.45) is -3.25. The lowest BCUT2D eigenvalue weighted by Crippen LogP contribution is -2.41. The van der Waals surface area contributed by atoms with E-state index >= 15 is 0 Å².